The fraction of sp³-hybridized carbons (Fsp3) is 0.280. The van der Waals surface area contributed by atoms with Crippen LogP contribution in [0.15, 0.2) is 65.9 Å². The van der Waals surface area contributed by atoms with Crippen LogP contribution in [0.1, 0.15) is 49.3 Å². The summed E-state index contributed by atoms with van der Waals surface area (Å²) >= 11 is 0. The second-order valence-corrected chi connectivity index (χ2v) is 9.03. The summed E-state index contributed by atoms with van der Waals surface area (Å²) in [7, 11) is 0. The molecular formula is C25H25N3O. The Balaban J connectivity index is 1.73. The molecule has 4 heteroatoms. The largest absolute Gasteiger partial charge is 0.342 e. The van der Waals surface area contributed by atoms with Gasteiger partial charge in [0, 0.05) is 29.2 Å². The fourth-order valence-electron chi connectivity index (χ4n) is 4.71. The number of rotatable bonds is 2. The van der Waals surface area contributed by atoms with Crippen molar-refractivity contribution in [3.8, 4) is 11.3 Å². The Morgan fingerprint density at radius 3 is 2.45 bits per heavy atom. The Hall–Kier alpha value is -3.14. The maximum absolute atomic E-state index is 13.3. The minimum Gasteiger partial charge on any atom is -0.342 e. The highest BCUT2D eigenvalue weighted by molar-refractivity contribution is 6.02. The number of benzene rings is 2. The van der Waals surface area contributed by atoms with Crippen LogP contribution in [0, 0.1) is 12.3 Å². The third-order valence-corrected chi connectivity index (χ3v) is 6.04. The number of hydrogen-bond acceptors (Lipinski definition) is 3. The molecule has 0 spiro atoms. The van der Waals surface area contributed by atoms with E-state index in [-0.39, 0.29) is 17.1 Å². The van der Waals surface area contributed by atoms with E-state index >= 15 is 0 Å². The van der Waals surface area contributed by atoms with Crippen molar-refractivity contribution in [1.29, 1.82) is 0 Å². The van der Waals surface area contributed by atoms with Crippen molar-refractivity contribution in [3.05, 3.63) is 82.6 Å². The van der Waals surface area contributed by atoms with E-state index in [0.717, 1.165) is 45.9 Å². The molecule has 1 atom stereocenters. The first-order valence-electron chi connectivity index (χ1n) is 10.2. The van der Waals surface area contributed by atoms with E-state index in [9.17, 15) is 4.79 Å². The van der Waals surface area contributed by atoms with Gasteiger partial charge in [-0.3, -0.25) is 9.89 Å². The van der Waals surface area contributed by atoms with Gasteiger partial charge in [-0.1, -0.05) is 74.0 Å². The average Bonchev–Trinajstić information content (AvgIpc) is 3.10. The van der Waals surface area contributed by atoms with E-state index < -0.39 is 0 Å². The molecule has 0 fully saturated rings. The zero-order valence-corrected chi connectivity index (χ0v) is 17.0. The molecule has 1 unspecified atom stereocenters. The molecule has 0 bridgehead atoms. The molecule has 4 nitrogen and oxygen atoms in total. The topological polar surface area (TPSA) is 57.8 Å². The highest BCUT2D eigenvalue weighted by Gasteiger charge is 2.42. The third kappa shape index (κ3) is 3.00. The van der Waals surface area contributed by atoms with Crippen molar-refractivity contribution in [2.45, 2.75) is 39.5 Å². The average molecular weight is 383 g/mol. The van der Waals surface area contributed by atoms with Gasteiger partial charge < -0.3 is 5.32 Å². The molecule has 0 amide bonds. The van der Waals surface area contributed by atoms with E-state index in [1.54, 1.807) is 0 Å². The Kier molecular flexibility index (Phi) is 3.98. The summed E-state index contributed by atoms with van der Waals surface area (Å²) in [6.45, 7) is 6.40. The second-order valence-electron chi connectivity index (χ2n) is 9.03. The third-order valence-electron chi connectivity index (χ3n) is 6.04. The maximum atomic E-state index is 13.3. The molecular weight excluding hydrogens is 358 g/mol. The van der Waals surface area contributed by atoms with Gasteiger partial charge in [0.2, 0.25) is 0 Å². The molecule has 0 saturated carbocycles. The Morgan fingerprint density at radius 2 is 1.72 bits per heavy atom. The molecule has 1 aliphatic carbocycles. The van der Waals surface area contributed by atoms with Crippen LogP contribution in [0.5, 0.6) is 0 Å². The predicted octanol–water partition coefficient (Wildman–Crippen LogP) is 5.59. The molecule has 5 rings (SSSR count). The number of hydrogen-bond donors (Lipinski definition) is 2. The number of fused-ring (bicyclic) bond motifs is 1. The second kappa shape index (κ2) is 6.45. The minimum atomic E-state index is -0.110. The van der Waals surface area contributed by atoms with Crippen LogP contribution in [0.25, 0.3) is 11.3 Å². The molecule has 2 N–H and O–H groups in total. The SMILES string of the molecule is Cc1ccc(-c2[nH]nc3c2C(c2ccccc2)C2=C(CC(C)(C)CC2=O)N3)cc1. The number of anilines is 1. The van der Waals surface area contributed by atoms with Gasteiger partial charge in [0.25, 0.3) is 0 Å². The van der Waals surface area contributed by atoms with Crippen LogP contribution in [-0.4, -0.2) is 16.0 Å². The zero-order valence-electron chi connectivity index (χ0n) is 17.0. The monoisotopic (exact) mass is 383 g/mol. The van der Waals surface area contributed by atoms with Gasteiger partial charge in [0.05, 0.1) is 5.69 Å². The lowest BCUT2D eigenvalue weighted by atomic mass is 9.69. The number of aromatic amines is 1. The van der Waals surface area contributed by atoms with Gasteiger partial charge in [-0.2, -0.15) is 5.10 Å². The van der Waals surface area contributed by atoms with Crippen LogP contribution in [0.2, 0.25) is 0 Å². The summed E-state index contributed by atoms with van der Waals surface area (Å²) in [5.74, 6) is 0.957. The Morgan fingerprint density at radius 1 is 1.00 bits per heavy atom. The van der Waals surface area contributed by atoms with Crippen LogP contribution in [0.3, 0.4) is 0 Å². The summed E-state index contributed by atoms with van der Waals surface area (Å²) in [5, 5.41) is 11.4. The Labute approximate surface area is 171 Å². The lowest BCUT2D eigenvalue weighted by Crippen LogP contribution is -2.33. The van der Waals surface area contributed by atoms with E-state index in [1.165, 1.54) is 5.56 Å². The fourth-order valence-corrected chi connectivity index (χ4v) is 4.71. The summed E-state index contributed by atoms with van der Waals surface area (Å²) in [4.78, 5) is 13.3. The Bertz CT molecular complexity index is 1120. The van der Waals surface area contributed by atoms with Crippen molar-refractivity contribution in [2.75, 3.05) is 5.32 Å². The number of Topliss-reactive ketones (excluding diaryl/α,β-unsaturated/α-hetero) is 1. The smallest absolute Gasteiger partial charge is 0.162 e. The number of nitrogens with zero attached hydrogens (tertiary/aromatic N) is 1. The maximum Gasteiger partial charge on any atom is 0.162 e. The van der Waals surface area contributed by atoms with Crippen LogP contribution in [0.4, 0.5) is 5.82 Å². The first-order valence-corrected chi connectivity index (χ1v) is 10.2. The molecule has 2 aromatic carbocycles. The van der Waals surface area contributed by atoms with Gasteiger partial charge in [-0.15, -0.1) is 0 Å². The van der Waals surface area contributed by atoms with Crippen LogP contribution < -0.4 is 5.32 Å². The number of carbonyl (C=O) groups excluding carboxylic acids is 1. The lowest BCUT2D eigenvalue weighted by molar-refractivity contribution is -0.118. The van der Waals surface area contributed by atoms with E-state index in [2.05, 4.69) is 72.7 Å². The number of aryl methyl sites for hydroxylation is 1. The molecule has 2 aliphatic rings. The van der Waals surface area contributed by atoms with Crippen molar-refractivity contribution >= 4 is 11.6 Å². The first kappa shape index (κ1) is 17.9. The number of H-pyrrole nitrogens is 1. The van der Waals surface area contributed by atoms with Crippen molar-refractivity contribution in [3.63, 3.8) is 0 Å². The molecule has 0 radical (unpaired) electrons. The number of ketones is 1. The van der Waals surface area contributed by atoms with Crippen LogP contribution in [-0.2, 0) is 4.79 Å². The van der Waals surface area contributed by atoms with E-state index in [0.29, 0.717) is 6.42 Å². The summed E-state index contributed by atoms with van der Waals surface area (Å²) in [5.41, 5.74) is 7.35. The van der Waals surface area contributed by atoms with Crippen molar-refractivity contribution in [1.82, 2.24) is 10.2 Å². The standard InChI is InChI=1S/C25H25N3O/c1-15-9-11-17(12-10-15)23-22-20(16-7-5-4-6-8-16)21-18(26-24(22)28-27-23)13-25(2,3)14-19(21)29/h4-12,20H,13-14H2,1-3H3,(H2,26,27,28). The number of aromatic nitrogens is 2. The number of allylic oxidation sites excluding steroid dienone is 2. The predicted molar refractivity (Wildman–Crippen MR) is 116 cm³/mol. The number of carbonyl (C=O) groups is 1. The summed E-state index contributed by atoms with van der Waals surface area (Å²) in [6, 6.07) is 18.8. The van der Waals surface area contributed by atoms with Gasteiger partial charge >= 0.3 is 0 Å². The van der Waals surface area contributed by atoms with Gasteiger partial charge in [-0.25, -0.2) is 0 Å². The summed E-state index contributed by atoms with van der Waals surface area (Å²) < 4.78 is 0. The van der Waals surface area contributed by atoms with Gasteiger partial charge in [0.15, 0.2) is 11.6 Å². The highest BCUT2D eigenvalue weighted by Crippen LogP contribution is 2.50. The molecule has 29 heavy (non-hydrogen) atoms. The van der Waals surface area contributed by atoms with E-state index in [1.807, 2.05) is 18.2 Å². The molecule has 1 aromatic heterocycles. The van der Waals surface area contributed by atoms with Crippen molar-refractivity contribution in [2.24, 2.45) is 5.41 Å². The molecule has 146 valence electrons. The minimum absolute atomic E-state index is 0.0439. The highest BCUT2D eigenvalue weighted by atomic mass is 16.1. The molecule has 3 aromatic rings. The normalized spacial score (nSPS) is 20.1. The van der Waals surface area contributed by atoms with Crippen LogP contribution >= 0.6 is 0 Å². The molecule has 0 saturated heterocycles. The molecule has 2 heterocycles. The molecule has 1 aliphatic heterocycles. The van der Waals surface area contributed by atoms with Crippen molar-refractivity contribution < 1.29 is 4.79 Å². The van der Waals surface area contributed by atoms with Gasteiger partial charge in [0.1, 0.15) is 0 Å². The quantitative estimate of drug-likeness (QED) is 0.607. The number of nitrogens with one attached hydrogen (secondary N) is 2. The first-order chi connectivity index (χ1) is 13.9. The van der Waals surface area contributed by atoms with E-state index in [4.69, 9.17) is 0 Å². The zero-order chi connectivity index (χ0) is 20.2. The van der Waals surface area contributed by atoms with Gasteiger partial charge in [-0.05, 0) is 29.9 Å². The lowest BCUT2D eigenvalue weighted by Gasteiger charge is -2.38. The summed E-state index contributed by atoms with van der Waals surface area (Å²) in [6.07, 6.45) is 1.42.